The maximum absolute atomic E-state index is 14.3. The van der Waals surface area contributed by atoms with Crippen LogP contribution in [0.25, 0.3) is 0 Å². The van der Waals surface area contributed by atoms with Gasteiger partial charge in [0.2, 0.25) is 11.8 Å². The van der Waals surface area contributed by atoms with Crippen molar-refractivity contribution in [2.45, 2.75) is 95.0 Å². The van der Waals surface area contributed by atoms with Crippen LogP contribution in [0, 0.1) is 5.92 Å². The van der Waals surface area contributed by atoms with Crippen LogP contribution in [0.2, 0.25) is 0 Å². The summed E-state index contributed by atoms with van der Waals surface area (Å²) in [4.78, 5) is 69.4. The first kappa shape index (κ1) is 37.9. The largest absolute Gasteiger partial charge is 0.486 e. The Balaban J connectivity index is 1.43. The third kappa shape index (κ3) is 9.11. The molecule has 0 radical (unpaired) electrons. The Kier molecular flexibility index (Phi) is 11.2. The van der Waals surface area contributed by atoms with E-state index in [9.17, 15) is 32.4 Å². The lowest BCUT2D eigenvalue weighted by atomic mass is 10.0. The quantitative estimate of drug-likeness (QED) is 0.285. The summed E-state index contributed by atoms with van der Waals surface area (Å²) in [6.45, 7) is 5.60. The highest BCUT2D eigenvalue weighted by Crippen LogP contribution is 2.46. The Morgan fingerprint density at radius 3 is 2.49 bits per heavy atom. The van der Waals surface area contributed by atoms with Crippen LogP contribution in [0.4, 0.5) is 4.79 Å². The van der Waals surface area contributed by atoms with Gasteiger partial charge in [0.15, 0.2) is 11.5 Å². The number of ether oxygens (including phenoxy) is 4. The molecule has 0 aromatic heterocycles. The molecule has 1 aromatic carbocycles. The molecule has 0 spiro atoms. The van der Waals surface area contributed by atoms with Gasteiger partial charge in [-0.15, -0.1) is 0 Å². The molecule has 1 aromatic rings. The van der Waals surface area contributed by atoms with E-state index >= 15 is 0 Å². The number of nitrogens with zero attached hydrogens (tertiary/aromatic N) is 2. The van der Waals surface area contributed by atoms with Gasteiger partial charge in [0, 0.05) is 26.4 Å². The second-order valence-electron chi connectivity index (χ2n) is 14.4. The third-order valence-electron chi connectivity index (χ3n) is 9.09. The van der Waals surface area contributed by atoms with Crippen LogP contribution in [-0.2, 0) is 34.1 Å². The van der Waals surface area contributed by atoms with Crippen LogP contribution in [0.5, 0.6) is 11.5 Å². The standard InChI is InChI=1S/C34H47N5O11S/c1-33(2,3)50-32(44)35-24-12-10-8-6-7-9-11-22-19-34(22,31(43)37-51(45,46)38(4)5)36-28(40)25-18-23(20-39(25)29(24)41)49-30(42)21-13-14-26-27(17-21)48-16-15-47-26/h9,11,13-14,17,22-25H,6-8,10,12,15-16,18-20H2,1-5H3,(H,35,44)(H,36,40)(H,37,43)/b11-9-/t22-,23+,24-,25-,34+/m0/s1. The van der Waals surface area contributed by atoms with E-state index in [0.717, 1.165) is 17.1 Å². The average Bonchev–Trinajstić information content (AvgIpc) is 3.58. The zero-order chi connectivity index (χ0) is 37.1. The van der Waals surface area contributed by atoms with Crippen molar-refractivity contribution in [1.82, 2.24) is 24.6 Å². The summed E-state index contributed by atoms with van der Waals surface area (Å²) in [5.74, 6) is -2.58. The van der Waals surface area contributed by atoms with Gasteiger partial charge in [-0.3, -0.25) is 14.4 Å². The number of carbonyl (C=O) groups is 5. The molecule has 16 nitrogen and oxygen atoms in total. The molecule has 5 atom stereocenters. The van der Waals surface area contributed by atoms with Crippen LogP contribution in [0.3, 0.4) is 0 Å². The Morgan fingerprint density at radius 2 is 1.78 bits per heavy atom. The van der Waals surface area contributed by atoms with Crippen molar-refractivity contribution in [1.29, 1.82) is 0 Å². The molecule has 0 bridgehead atoms. The molecule has 280 valence electrons. The summed E-state index contributed by atoms with van der Waals surface area (Å²) >= 11 is 0. The topological polar surface area (TPSA) is 199 Å². The Morgan fingerprint density at radius 1 is 1.06 bits per heavy atom. The maximum Gasteiger partial charge on any atom is 0.408 e. The zero-order valence-corrected chi connectivity index (χ0v) is 30.4. The second-order valence-corrected chi connectivity index (χ2v) is 16.3. The van der Waals surface area contributed by atoms with E-state index in [1.165, 1.54) is 31.1 Å². The van der Waals surface area contributed by atoms with Crippen LogP contribution in [0.15, 0.2) is 30.4 Å². The Bertz CT molecular complexity index is 1670. The van der Waals surface area contributed by atoms with Crippen LogP contribution >= 0.6 is 0 Å². The molecule has 1 aliphatic carbocycles. The number of esters is 1. The normalized spacial score (nSPS) is 27.5. The fraction of sp³-hybridized carbons (Fsp3) is 0.618. The number of hydrogen-bond acceptors (Lipinski definition) is 11. The number of alkyl carbamates (subject to hydrolysis) is 1. The maximum atomic E-state index is 14.3. The second kappa shape index (κ2) is 15.1. The number of hydrogen-bond donors (Lipinski definition) is 3. The van der Waals surface area contributed by atoms with Crippen LogP contribution < -0.4 is 24.8 Å². The lowest BCUT2D eigenvalue weighted by Crippen LogP contribution is -2.58. The van der Waals surface area contributed by atoms with Gasteiger partial charge in [0.25, 0.3) is 5.91 Å². The van der Waals surface area contributed by atoms with Crippen molar-refractivity contribution in [3.8, 4) is 11.5 Å². The smallest absolute Gasteiger partial charge is 0.408 e. The Hall–Kier alpha value is -4.38. The molecule has 3 heterocycles. The summed E-state index contributed by atoms with van der Waals surface area (Å²) in [6, 6.07) is 2.31. The van der Waals surface area contributed by atoms with Crippen molar-refractivity contribution >= 4 is 40.0 Å². The number of benzene rings is 1. The molecule has 1 saturated carbocycles. The monoisotopic (exact) mass is 733 g/mol. The molecule has 51 heavy (non-hydrogen) atoms. The third-order valence-corrected chi connectivity index (χ3v) is 10.5. The van der Waals surface area contributed by atoms with Crippen molar-refractivity contribution < 1.29 is 51.3 Å². The summed E-state index contributed by atoms with van der Waals surface area (Å²) in [6.07, 6.45) is 4.91. The van der Waals surface area contributed by atoms with Gasteiger partial charge in [-0.2, -0.15) is 12.7 Å². The lowest BCUT2D eigenvalue weighted by Gasteiger charge is -2.30. The lowest BCUT2D eigenvalue weighted by molar-refractivity contribution is -0.141. The first-order valence-corrected chi connectivity index (χ1v) is 18.6. The van der Waals surface area contributed by atoms with E-state index in [4.69, 9.17) is 18.9 Å². The summed E-state index contributed by atoms with van der Waals surface area (Å²) in [5, 5.41) is 5.42. The minimum absolute atomic E-state index is 0.124. The molecule has 4 amide bonds. The molecular weight excluding hydrogens is 686 g/mol. The minimum atomic E-state index is -4.19. The van der Waals surface area contributed by atoms with Gasteiger partial charge in [0.1, 0.15) is 42.5 Å². The highest BCUT2D eigenvalue weighted by Gasteiger charge is 2.61. The van der Waals surface area contributed by atoms with Gasteiger partial charge in [-0.25, -0.2) is 14.3 Å². The number of nitrogens with one attached hydrogen (secondary N) is 3. The van der Waals surface area contributed by atoms with E-state index < -0.39 is 75.2 Å². The molecule has 3 N–H and O–H groups in total. The fourth-order valence-electron chi connectivity index (χ4n) is 6.30. The summed E-state index contributed by atoms with van der Waals surface area (Å²) in [5.41, 5.74) is -2.26. The molecule has 0 unspecified atom stereocenters. The van der Waals surface area contributed by atoms with E-state index in [1.54, 1.807) is 32.9 Å². The minimum Gasteiger partial charge on any atom is -0.486 e. The van der Waals surface area contributed by atoms with E-state index in [2.05, 4.69) is 10.6 Å². The van der Waals surface area contributed by atoms with Crippen molar-refractivity contribution in [3.63, 3.8) is 0 Å². The molecular formula is C34H47N5O11S. The Labute approximate surface area is 297 Å². The molecule has 3 aliphatic heterocycles. The molecule has 2 fully saturated rings. The van der Waals surface area contributed by atoms with Gasteiger partial charge in [0.05, 0.1) is 12.1 Å². The molecule has 4 aliphatic rings. The van der Waals surface area contributed by atoms with Crippen molar-refractivity contribution in [3.05, 3.63) is 35.9 Å². The van der Waals surface area contributed by atoms with Crippen LogP contribution in [-0.4, -0.2) is 111 Å². The van der Waals surface area contributed by atoms with Gasteiger partial charge >= 0.3 is 22.3 Å². The van der Waals surface area contributed by atoms with E-state index in [-0.39, 0.29) is 31.4 Å². The summed E-state index contributed by atoms with van der Waals surface area (Å²) in [7, 11) is -1.65. The number of rotatable bonds is 6. The zero-order valence-electron chi connectivity index (χ0n) is 29.6. The predicted molar refractivity (Wildman–Crippen MR) is 182 cm³/mol. The van der Waals surface area contributed by atoms with Gasteiger partial charge in [-0.1, -0.05) is 25.0 Å². The van der Waals surface area contributed by atoms with E-state index in [1.807, 2.05) is 10.8 Å². The fourth-order valence-corrected chi connectivity index (χ4v) is 6.90. The number of fused-ring (bicyclic) bond motifs is 3. The SMILES string of the molecule is CN(C)S(=O)(=O)NC(=O)[C@@]12C[C@@H]1/C=C\CCCCC[C@H](NC(=O)OC(C)(C)C)C(=O)N1C[C@H](OC(=O)c3ccc4c(c3)OCCO4)C[C@H]1C(=O)N2. The molecule has 5 rings (SSSR count). The number of carbonyl (C=O) groups excluding carboxylic acids is 5. The molecule has 17 heteroatoms. The highest BCUT2D eigenvalue weighted by atomic mass is 32.2. The molecule has 1 saturated heterocycles. The average molecular weight is 734 g/mol. The predicted octanol–water partition coefficient (Wildman–Crippen LogP) is 1.80. The van der Waals surface area contributed by atoms with Crippen LogP contribution in [0.1, 0.15) is 76.1 Å². The van der Waals surface area contributed by atoms with Gasteiger partial charge in [-0.05, 0) is 64.7 Å². The summed E-state index contributed by atoms with van der Waals surface area (Å²) < 4.78 is 50.5. The van der Waals surface area contributed by atoms with Crippen molar-refractivity contribution in [2.24, 2.45) is 5.92 Å². The first-order valence-electron chi connectivity index (χ1n) is 17.1. The van der Waals surface area contributed by atoms with Gasteiger partial charge < -0.3 is 34.5 Å². The number of amides is 4. The highest BCUT2D eigenvalue weighted by molar-refractivity contribution is 7.87. The number of allylic oxidation sites excluding steroid dienone is 1. The van der Waals surface area contributed by atoms with E-state index in [0.29, 0.717) is 37.6 Å². The first-order chi connectivity index (χ1) is 24.0. The van der Waals surface area contributed by atoms with Crippen molar-refractivity contribution in [2.75, 3.05) is 33.9 Å².